The largest absolute Gasteiger partial charge is 0.310 e. The highest BCUT2D eigenvalue weighted by Crippen LogP contribution is 2.26. The van der Waals surface area contributed by atoms with Crippen molar-refractivity contribution >= 4 is 11.6 Å². The van der Waals surface area contributed by atoms with Crippen molar-refractivity contribution in [3.8, 4) is 0 Å². The molecule has 0 saturated heterocycles. The number of halogens is 2. The number of hydrogen-bond acceptors (Lipinski definition) is 1. The highest BCUT2D eigenvalue weighted by molar-refractivity contribution is 6.30. The summed E-state index contributed by atoms with van der Waals surface area (Å²) in [5.74, 6) is -0.274. The van der Waals surface area contributed by atoms with E-state index in [2.05, 4.69) is 19.2 Å². The molecule has 0 aliphatic carbocycles. The van der Waals surface area contributed by atoms with Crippen molar-refractivity contribution in [2.75, 3.05) is 6.54 Å². The first-order valence-electron chi connectivity index (χ1n) is 6.88. The van der Waals surface area contributed by atoms with Gasteiger partial charge in [-0.1, -0.05) is 56.8 Å². The Balaban J connectivity index is 2.76. The standard InChI is InChI=1S/C15H23ClFN/c1-3-5-6-10-14(18-11-4-2)12-8-7-9-13(16)15(12)17/h7-9,14,18H,3-6,10-11H2,1-2H3. The van der Waals surface area contributed by atoms with Crippen LogP contribution < -0.4 is 5.32 Å². The zero-order chi connectivity index (χ0) is 13.4. The summed E-state index contributed by atoms with van der Waals surface area (Å²) < 4.78 is 14.0. The van der Waals surface area contributed by atoms with Crippen LogP contribution in [0, 0.1) is 5.82 Å². The molecule has 0 saturated carbocycles. The summed E-state index contributed by atoms with van der Waals surface area (Å²) in [4.78, 5) is 0. The van der Waals surface area contributed by atoms with Gasteiger partial charge in [-0.05, 0) is 25.5 Å². The highest BCUT2D eigenvalue weighted by atomic mass is 35.5. The Morgan fingerprint density at radius 2 is 2.00 bits per heavy atom. The minimum Gasteiger partial charge on any atom is -0.310 e. The quantitative estimate of drug-likeness (QED) is 0.649. The lowest BCUT2D eigenvalue weighted by Crippen LogP contribution is -2.23. The van der Waals surface area contributed by atoms with Gasteiger partial charge in [-0.3, -0.25) is 0 Å². The molecule has 0 aromatic heterocycles. The Hall–Kier alpha value is -0.600. The average molecular weight is 272 g/mol. The van der Waals surface area contributed by atoms with E-state index in [1.165, 1.54) is 12.8 Å². The molecule has 3 heteroatoms. The molecule has 1 unspecified atom stereocenters. The van der Waals surface area contributed by atoms with E-state index in [0.29, 0.717) is 5.56 Å². The average Bonchev–Trinajstić information content (AvgIpc) is 2.37. The van der Waals surface area contributed by atoms with Gasteiger partial charge in [-0.2, -0.15) is 0 Å². The molecule has 0 spiro atoms. The molecule has 1 aromatic carbocycles. The molecule has 18 heavy (non-hydrogen) atoms. The fourth-order valence-electron chi connectivity index (χ4n) is 2.07. The number of rotatable bonds is 8. The Bertz CT molecular complexity index is 354. The molecule has 102 valence electrons. The second-order valence-electron chi connectivity index (χ2n) is 4.65. The van der Waals surface area contributed by atoms with Gasteiger partial charge in [0.2, 0.25) is 0 Å². The van der Waals surface area contributed by atoms with E-state index in [-0.39, 0.29) is 16.9 Å². The van der Waals surface area contributed by atoms with Crippen molar-refractivity contribution in [2.45, 2.75) is 52.0 Å². The van der Waals surface area contributed by atoms with Gasteiger partial charge in [0, 0.05) is 11.6 Å². The second-order valence-corrected chi connectivity index (χ2v) is 5.05. The predicted molar refractivity (Wildman–Crippen MR) is 76.6 cm³/mol. The molecular weight excluding hydrogens is 249 g/mol. The van der Waals surface area contributed by atoms with Crippen LogP contribution in [0.1, 0.15) is 57.6 Å². The zero-order valence-electron chi connectivity index (χ0n) is 11.3. The first-order valence-corrected chi connectivity index (χ1v) is 7.25. The van der Waals surface area contributed by atoms with Crippen LogP contribution in [-0.4, -0.2) is 6.54 Å². The van der Waals surface area contributed by atoms with E-state index >= 15 is 0 Å². The van der Waals surface area contributed by atoms with Crippen molar-refractivity contribution in [3.05, 3.63) is 34.6 Å². The van der Waals surface area contributed by atoms with Gasteiger partial charge in [0.05, 0.1) is 5.02 Å². The van der Waals surface area contributed by atoms with Gasteiger partial charge in [0.15, 0.2) is 0 Å². The van der Waals surface area contributed by atoms with Crippen LogP contribution in [-0.2, 0) is 0 Å². The molecule has 1 atom stereocenters. The van der Waals surface area contributed by atoms with E-state index in [1.807, 2.05) is 12.1 Å². The first-order chi connectivity index (χ1) is 8.70. The number of unbranched alkanes of at least 4 members (excludes halogenated alkanes) is 2. The van der Waals surface area contributed by atoms with Crippen molar-refractivity contribution in [2.24, 2.45) is 0 Å². The Morgan fingerprint density at radius 3 is 2.67 bits per heavy atom. The summed E-state index contributed by atoms with van der Waals surface area (Å²) in [5, 5.41) is 3.63. The van der Waals surface area contributed by atoms with Gasteiger partial charge < -0.3 is 5.32 Å². The maximum atomic E-state index is 14.0. The summed E-state index contributed by atoms with van der Waals surface area (Å²) in [6, 6.07) is 5.33. The summed E-state index contributed by atoms with van der Waals surface area (Å²) in [7, 11) is 0. The molecular formula is C15H23ClFN. The summed E-state index contributed by atoms with van der Waals surface area (Å²) in [6.45, 7) is 5.20. The summed E-state index contributed by atoms with van der Waals surface area (Å²) >= 11 is 5.85. The molecule has 1 aromatic rings. The van der Waals surface area contributed by atoms with Crippen LogP contribution in [0.4, 0.5) is 4.39 Å². The van der Waals surface area contributed by atoms with Gasteiger partial charge in [-0.15, -0.1) is 0 Å². The van der Waals surface area contributed by atoms with Crippen LogP contribution >= 0.6 is 11.6 Å². The Morgan fingerprint density at radius 1 is 1.22 bits per heavy atom. The monoisotopic (exact) mass is 271 g/mol. The summed E-state index contributed by atoms with van der Waals surface area (Å²) in [6.07, 6.45) is 5.49. The Kier molecular flexibility index (Phi) is 7.29. The van der Waals surface area contributed by atoms with E-state index in [4.69, 9.17) is 11.6 Å². The second kappa shape index (κ2) is 8.49. The molecule has 1 nitrogen and oxygen atoms in total. The van der Waals surface area contributed by atoms with E-state index in [0.717, 1.165) is 25.8 Å². The number of nitrogens with one attached hydrogen (secondary N) is 1. The van der Waals surface area contributed by atoms with E-state index in [1.54, 1.807) is 6.07 Å². The molecule has 0 amide bonds. The fraction of sp³-hybridized carbons (Fsp3) is 0.600. The van der Waals surface area contributed by atoms with Crippen molar-refractivity contribution in [1.82, 2.24) is 5.32 Å². The maximum absolute atomic E-state index is 14.0. The SMILES string of the molecule is CCCCCC(NCCC)c1cccc(Cl)c1F. The predicted octanol–water partition coefficient (Wildman–Crippen LogP) is 5.10. The molecule has 1 rings (SSSR count). The maximum Gasteiger partial charge on any atom is 0.146 e. The number of benzene rings is 1. The molecule has 0 aliphatic heterocycles. The fourth-order valence-corrected chi connectivity index (χ4v) is 2.26. The van der Waals surface area contributed by atoms with E-state index in [9.17, 15) is 4.39 Å². The van der Waals surface area contributed by atoms with Crippen LogP contribution in [0.2, 0.25) is 5.02 Å². The third kappa shape index (κ3) is 4.58. The lowest BCUT2D eigenvalue weighted by molar-refractivity contribution is 0.454. The summed E-state index contributed by atoms with van der Waals surface area (Å²) in [5.41, 5.74) is 0.701. The smallest absolute Gasteiger partial charge is 0.146 e. The van der Waals surface area contributed by atoms with Crippen molar-refractivity contribution in [1.29, 1.82) is 0 Å². The lowest BCUT2D eigenvalue weighted by atomic mass is 9.99. The molecule has 0 radical (unpaired) electrons. The molecule has 0 bridgehead atoms. The van der Waals surface area contributed by atoms with Gasteiger partial charge in [-0.25, -0.2) is 4.39 Å². The molecule has 0 heterocycles. The normalized spacial score (nSPS) is 12.7. The van der Waals surface area contributed by atoms with Crippen LogP contribution in [0.5, 0.6) is 0 Å². The van der Waals surface area contributed by atoms with Crippen molar-refractivity contribution in [3.63, 3.8) is 0 Å². The Labute approximate surface area is 115 Å². The van der Waals surface area contributed by atoms with Gasteiger partial charge >= 0.3 is 0 Å². The van der Waals surface area contributed by atoms with Crippen LogP contribution in [0.15, 0.2) is 18.2 Å². The molecule has 0 aliphatic rings. The molecule has 0 fully saturated rings. The third-order valence-corrected chi connectivity index (χ3v) is 3.39. The minimum atomic E-state index is -0.274. The van der Waals surface area contributed by atoms with Gasteiger partial charge in [0.25, 0.3) is 0 Å². The molecule has 1 N–H and O–H groups in total. The van der Waals surface area contributed by atoms with E-state index < -0.39 is 0 Å². The minimum absolute atomic E-state index is 0.0789. The number of hydrogen-bond donors (Lipinski definition) is 1. The highest BCUT2D eigenvalue weighted by Gasteiger charge is 2.16. The third-order valence-electron chi connectivity index (χ3n) is 3.09. The lowest BCUT2D eigenvalue weighted by Gasteiger charge is -2.20. The topological polar surface area (TPSA) is 12.0 Å². The van der Waals surface area contributed by atoms with Gasteiger partial charge in [0.1, 0.15) is 5.82 Å². The van der Waals surface area contributed by atoms with Crippen molar-refractivity contribution < 1.29 is 4.39 Å². The first kappa shape index (κ1) is 15.5. The van der Waals surface area contributed by atoms with Crippen LogP contribution in [0.25, 0.3) is 0 Å². The zero-order valence-corrected chi connectivity index (χ0v) is 12.1. The van der Waals surface area contributed by atoms with Crippen LogP contribution in [0.3, 0.4) is 0 Å².